The van der Waals surface area contributed by atoms with E-state index in [1.165, 1.54) is 5.56 Å². The molecule has 0 atom stereocenters. The fraction of sp³-hybridized carbons (Fsp3) is 0.312. The highest BCUT2D eigenvalue weighted by Gasteiger charge is 2.10. The van der Waals surface area contributed by atoms with E-state index in [1.807, 2.05) is 24.3 Å². The molecular formula is C16H19BrN2O. The van der Waals surface area contributed by atoms with Crippen molar-refractivity contribution < 1.29 is 4.74 Å². The van der Waals surface area contributed by atoms with Gasteiger partial charge in [0.05, 0.1) is 5.69 Å². The van der Waals surface area contributed by atoms with Crippen LogP contribution in [0.3, 0.4) is 0 Å². The van der Waals surface area contributed by atoms with Crippen LogP contribution in [0.1, 0.15) is 36.6 Å². The average Bonchev–Trinajstić information content (AvgIpc) is 2.46. The number of hydrogen-bond acceptors (Lipinski definition) is 3. The lowest BCUT2D eigenvalue weighted by molar-refractivity contribution is 0.300. The maximum atomic E-state index is 5.97. The van der Waals surface area contributed by atoms with Crippen molar-refractivity contribution in [2.75, 3.05) is 0 Å². The van der Waals surface area contributed by atoms with Crippen molar-refractivity contribution in [3.8, 4) is 5.75 Å². The van der Waals surface area contributed by atoms with E-state index in [2.05, 4.69) is 40.8 Å². The van der Waals surface area contributed by atoms with Crippen molar-refractivity contribution in [3.05, 3.63) is 57.8 Å². The van der Waals surface area contributed by atoms with Crippen LogP contribution in [0.5, 0.6) is 5.75 Å². The molecule has 0 amide bonds. The molecule has 1 aromatic carbocycles. The summed E-state index contributed by atoms with van der Waals surface area (Å²) < 4.78 is 7.03. The fourth-order valence-corrected chi connectivity index (χ4v) is 2.42. The molecule has 0 aliphatic heterocycles. The van der Waals surface area contributed by atoms with Crippen LogP contribution in [0.25, 0.3) is 0 Å². The van der Waals surface area contributed by atoms with Crippen LogP contribution in [0.2, 0.25) is 0 Å². The number of aromatic nitrogens is 1. The third kappa shape index (κ3) is 3.58. The molecule has 0 saturated heterocycles. The van der Waals surface area contributed by atoms with Gasteiger partial charge in [-0.3, -0.25) is 4.98 Å². The van der Waals surface area contributed by atoms with Crippen LogP contribution in [0, 0.1) is 0 Å². The van der Waals surface area contributed by atoms with Crippen LogP contribution in [-0.2, 0) is 13.2 Å². The van der Waals surface area contributed by atoms with E-state index >= 15 is 0 Å². The van der Waals surface area contributed by atoms with Crippen molar-refractivity contribution in [1.29, 1.82) is 0 Å². The summed E-state index contributed by atoms with van der Waals surface area (Å²) in [7, 11) is 0. The van der Waals surface area contributed by atoms with Gasteiger partial charge >= 0.3 is 0 Å². The van der Waals surface area contributed by atoms with Crippen LogP contribution in [0.4, 0.5) is 0 Å². The van der Waals surface area contributed by atoms with Gasteiger partial charge in [-0.2, -0.15) is 0 Å². The van der Waals surface area contributed by atoms with Gasteiger partial charge in [0.2, 0.25) is 0 Å². The Morgan fingerprint density at radius 1 is 1.30 bits per heavy atom. The summed E-state index contributed by atoms with van der Waals surface area (Å²) in [5.41, 5.74) is 8.81. The third-order valence-electron chi connectivity index (χ3n) is 3.15. The molecule has 106 valence electrons. The summed E-state index contributed by atoms with van der Waals surface area (Å²) in [6.45, 7) is 5.23. The highest BCUT2D eigenvalue weighted by molar-refractivity contribution is 9.10. The van der Waals surface area contributed by atoms with Gasteiger partial charge in [-0.1, -0.05) is 35.8 Å². The average molecular weight is 335 g/mol. The highest BCUT2D eigenvalue weighted by Crippen LogP contribution is 2.30. The fourth-order valence-electron chi connectivity index (χ4n) is 2.04. The van der Waals surface area contributed by atoms with Crippen molar-refractivity contribution in [1.82, 2.24) is 4.98 Å². The number of rotatable bonds is 5. The number of nitrogens with zero attached hydrogens (tertiary/aromatic N) is 1. The zero-order valence-electron chi connectivity index (χ0n) is 11.8. The predicted molar refractivity (Wildman–Crippen MR) is 84.7 cm³/mol. The number of pyridine rings is 1. The van der Waals surface area contributed by atoms with Crippen LogP contribution < -0.4 is 10.5 Å². The molecule has 0 spiro atoms. The molecule has 0 unspecified atom stereocenters. The Kier molecular flexibility index (Phi) is 5.15. The van der Waals surface area contributed by atoms with Gasteiger partial charge in [0.1, 0.15) is 12.4 Å². The van der Waals surface area contributed by atoms with E-state index in [-0.39, 0.29) is 0 Å². The first kappa shape index (κ1) is 15.0. The molecule has 0 aliphatic rings. The van der Waals surface area contributed by atoms with E-state index < -0.39 is 0 Å². The summed E-state index contributed by atoms with van der Waals surface area (Å²) in [5.74, 6) is 1.32. The number of ether oxygens (including phenoxy) is 1. The first-order valence-electron chi connectivity index (χ1n) is 6.67. The summed E-state index contributed by atoms with van der Waals surface area (Å²) >= 11 is 3.50. The molecule has 2 aromatic rings. The lowest BCUT2D eigenvalue weighted by Gasteiger charge is -2.15. The Morgan fingerprint density at radius 3 is 2.80 bits per heavy atom. The Hall–Kier alpha value is -1.39. The van der Waals surface area contributed by atoms with E-state index in [1.54, 1.807) is 6.20 Å². The molecular weight excluding hydrogens is 316 g/mol. The Labute approximate surface area is 128 Å². The van der Waals surface area contributed by atoms with E-state index in [0.717, 1.165) is 21.5 Å². The minimum atomic E-state index is 0.408. The summed E-state index contributed by atoms with van der Waals surface area (Å²) in [6, 6.07) is 10.0. The van der Waals surface area contributed by atoms with Crippen molar-refractivity contribution >= 4 is 15.9 Å². The Bertz CT molecular complexity index is 584. The van der Waals surface area contributed by atoms with Gasteiger partial charge in [0.15, 0.2) is 0 Å². The first-order chi connectivity index (χ1) is 9.61. The molecule has 4 heteroatoms. The molecule has 3 nitrogen and oxygen atoms in total. The minimum absolute atomic E-state index is 0.408. The number of benzene rings is 1. The minimum Gasteiger partial charge on any atom is -0.489 e. The number of halogens is 1. The predicted octanol–water partition coefficient (Wildman–Crippen LogP) is 4.01. The van der Waals surface area contributed by atoms with E-state index in [0.29, 0.717) is 19.1 Å². The maximum absolute atomic E-state index is 5.97. The van der Waals surface area contributed by atoms with Crippen LogP contribution in [-0.4, -0.2) is 4.98 Å². The molecule has 1 aromatic heterocycles. The zero-order chi connectivity index (χ0) is 14.5. The van der Waals surface area contributed by atoms with Crippen molar-refractivity contribution in [3.63, 3.8) is 0 Å². The second kappa shape index (κ2) is 6.86. The Balaban J connectivity index is 2.19. The third-order valence-corrected chi connectivity index (χ3v) is 3.65. The van der Waals surface area contributed by atoms with Crippen LogP contribution in [0.15, 0.2) is 41.0 Å². The summed E-state index contributed by atoms with van der Waals surface area (Å²) in [5, 5.41) is 0. The van der Waals surface area contributed by atoms with Gasteiger partial charge in [0, 0.05) is 22.8 Å². The standard InChI is InChI=1S/C16H19BrN2O/c1-11(2)14-8-13(17)5-6-16(14)20-10-12-4-3-7-19-15(12)9-18/h3-8,11H,9-10,18H2,1-2H3. The van der Waals surface area contributed by atoms with Gasteiger partial charge in [0.25, 0.3) is 0 Å². The Morgan fingerprint density at radius 2 is 2.10 bits per heavy atom. The SMILES string of the molecule is CC(C)c1cc(Br)ccc1OCc1cccnc1CN. The number of hydrogen-bond donors (Lipinski definition) is 1. The lowest BCUT2D eigenvalue weighted by Crippen LogP contribution is -2.07. The van der Waals surface area contributed by atoms with E-state index in [9.17, 15) is 0 Å². The second-order valence-electron chi connectivity index (χ2n) is 4.94. The van der Waals surface area contributed by atoms with Gasteiger partial charge in [-0.15, -0.1) is 0 Å². The molecule has 2 N–H and O–H groups in total. The quantitative estimate of drug-likeness (QED) is 0.898. The summed E-state index contributed by atoms with van der Waals surface area (Å²) in [6.07, 6.45) is 1.75. The molecule has 20 heavy (non-hydrogen) atoms. The zero-order valence-corrected chi connectivity index (χ0v) is 13.4. The highest BCUT2D eigenvalue weighted by atomic mass is 79.9. The number of nitrogens with two attached hydrogens (primary N) is 1. The largest absolute Gasteiger partial charge is 0.489 e. The molecule has 0 fully saturated rings. The topological polar surface area (TPSA) is 48.1 Å². The molecule has 0 radical (unpaired) electrons. The van der Waals surface area contributed by atoms with E-state index in [4.69, 9.17) is 10.5 Å². The second-order valence-corrected chi connectivity index (χ2v) is 5.85. The van der Waals surface area contributed by atoms with Crippen molar-refractivity contribution in [2.24, 2.45) is 5.73 Å². The van der Waals surface area contributed by atoms with Crippen molar-refractivity contribution in [2.45, 2.75) is 32.9 Å². The normalized spacial score (nSPS) is 10.8. The molecule has 0 aliphatic carbocycles. The maximum Gasteiger partial charge on any atom is 0.123 e. The molecule has 0 bridgehead atoms. The first-order valence-corrected chi connectivity index (χ1v) is 7.46. The van der Waals surface area contributed by atoms with Gasteiger partial charge in [-0.05, 0) is 35.7 Å². The van der Waals surface area contributed by atoms with Gasteiger partial charge < -0.3 is 10.5 Å². The lowest BCUT2D eigenvalue weighted by atomic mass is 10.0. The smallest absolute Gasteiger partial charge is 0.123 e. The molecule has 2 rings (SSSR count). The molecule has 0 saturated carbocycles. The monoisotopic (exact) mass is 334 g/mol. The van der Waals surface area contributed by atoms with Gasteiger partial charge in [-0.25, -0.2) is 0 Å². The van der Waals surface area contributed by atoms with Crippen LogP contribution >= 0.6 is 15.9 Å². The summed E-state index contributed by atoms with van der Waals surface area (Å²) in [4.78, 5) is 4.27. The molecule has 1 heterocycles.